The summed E-state index contributed by atoms with van der Waals surface area (Å²) in [6.45, 7) is 0. The zero-order chi connectivity index (χ0) is 9.54. The van der Waals surface area contributed by atoms with Crippen molar-refractivity contribution in [2.24, 2.45) is 0 Å². The summed E-state index contributed by atoms with van der Waals surface area (Å²) in [5.74, 6) is 0. The van der Waals surface area contributed by atoms with Crippen LogP contribution in [0, 0.1) is 0 Å². The normalized spacial score (nSPS) is 26.2. The van der Waals surface area contributed by atoms with E-state index in [9.17, 15) is 0 Å². The Morgan fingerprint density at radius 2 is 2.21 bits per heavy atom. The van der Waals surface area contributed by atoms with Crippen molar-refractivity contribution in [2.75, 3.05) is 0 Å². The Bertz CT molecular complexity index is 343. The molecule has 1 saturated carbocycles. The molecule has 1 aromatic rings. The molecule has 1 N–H and O–H groups in total. The van der Waals surface area contributed by atoms with E-state index in [0.717, 1.165) is 6.04 Å². The van der Waals surface area contributed by atoms with Crippen molar-refractivity contribution in [1.29, 1.82) is 0 Å². The van der Waals surface area contributed by atoms with Crippen molar-refractivity contribution < 1.29 is 0 Å². The van der Waals surface area contributed by atoms with E-state index < -0.39 is 0 Å². The van der Waals surface area contributed by atoms with Gasteiger partial charge in [-0.1, -0.05) is 0 Å². The van der Waals surface area contributed by atoms with Crippen molar-refractivity contribution >= 4 is 27.3 Å². The fourth-order valence-corrected chi connectivity index (χ4v) is 4.05. The van der Waals surface area contributed by atoms with Gasteiger partial charge in [0.1, 0.15) is 0 Å². The van der Waals surface area contributed by atoms with Crippen LogP contribution < -0.4 is 5.32 Å². The van der Waals surface area contributed by atoms with E-state index in [1.807, 2.05) is 11.3 Å². The van der Waals surface area contributed by atoms with Crippen molar-refractivity contribution in [2.45, 2.75) is 44.2 Å². The lowest BCUT2D eigenvalue weighted by molar-refractivity contribution is 0.461. The average molecular weight is 272 g/mol. The Labute approximate surface area is 97.0 Å². The molecule has 0 radical (unpaired) electrons. The van der Waals surface area contributed by atoms with Crippen molar-refractivity contribution in [3.8, 4) is 0 Å². The number of hydrogen-bond donors (Lipinski definition) is 1. The summed E-state index contributed by atoms with van der Waals surface area (Å²) in [7, 11) is 0. The molecule has 1 atom stereocenters. The summed E-state index contributed by atoms with van der Waals surface area (Å²) in [4.78, 5) is 1.60. The van der Waals surface area contributed by atoms with Gasteiger partial charge in [-0.15, -0.1) is 11.3 Å². The molecule has 0 bridgehead atoms. The van der Waals surface area contributed by atoms with E-state index >= 15 is 0 Å². The monoisotopic (exact) mass is 271 g/mol. The summed E-state index contributed by atoms with van der Waals surface area (Å²) in [5.41, 5.74) is 1.57. The number of fused-ring (bicyclic) bond motifs is 1. The third kappa shape index (κ3) is 1.77. The van der Waals surface area contributed by atoms with E-state index in [2.05, 4.69) is 27.3 Å². The highest BCUT2D eigenvalue weighted by Crippen LogP contribution is 2.39. The fraction of sp³-hybridized carbons (Fsp3) is 0.636. The molecule has 2 aliphatic rings. The van der Waals surface area contributed by atoms with E-state index in [4.69, 9.17) is 0 Å². The molecule has 0 spiro atoms. The molecule has 3 rings (SSSR count). The summed E-state index contributed by atoms with van der Waals surface area (Å²) >= 11 is 5.51. The first-order chi connectivity index (χ1) is 6.83. The van der Waals surface area contributed by atoms with Crippen molar-refractivity contribution in [1.82, 2.24) is 5.32 Å². The molecule has 0 aromatic carbocycles. The van der Waals surface area contributed by atoms with Gasteiger partial charge >= 0.3 is 0 Å². The highest BCUT2D eigenvalue weighted by Gasteiger charge is 2.28. The second-order valence-electron chi connectivity index (χ2n) is 4.31. The molecule has 3 heteroatoms. The molecule has 1 nitrogen and oxygen atoms in total. The number of aryl methyl sites for hydroxylation is 1. The van der Waals surface area contributed by atoms with Gasteiger partial charge in [0, 0.05) is 17.0 Å². The molecule has 1 heterocycles. The number of nitrogens with one attached hydrogen (secondary N) is 1. The predicted molar refractivity (Wildman–Crippen MR) is 63.9 cm³/mol. The first-order valence-corrected chi connectivity index (χ1v) is 6.98. The van der Waals surface area contributed by atoms with Gasteiger partial charge in [0.2, 0.25) is 0 Å². The van der Waals surface area contributed by atoms with Crippen LogP contribution in [0.3, 0.4) is 0 Å². The molecule has 14 heavy (non-hydrogen) atoms. The maximum Gasteiger partial charge on any atom is 0.0704 e. The van der Waals surface area contributed by atoms with E-state index in [0.29, 0.717) is 6.04 Å². The molecule has 1 fully saturated rings. The Morgan fingerprint density at radius 3 is 3.00 bits per heavy atom. The van der Waals surface area contributed by atoms with Gasteiger partial charge in [-0.2, -0.15) is 0 Å². The molecular weight excluding hydrogens is 258 g/mol. The van der Waals surface area contributed by atoms with Crippen LogP contribution in [-0.4, -0.2) is 6.04 Å². The van der Waals surface area contributed by atoms with Crippen LogP contribution in [-0.2, 0) is 6.42 Å². The Morgan fingerprint density at radius 1 is 1.36 bits per heavy atom. The molecule has 1 aromatic heterocycles. The minimum Gasteiger partial charge on any atom is -0.307 e. The van der Waals surface area contributed by atoms with Gasteiger partial charge in [-0.25, -0.2) is 0 Å². The zero-order valence-corrected chi connectivity index (χ0v) is 10.5. The third-order valence-corrected chi connectivity index (χ3v) is 4.81. The predicted octanol–water partition coefficient (Wildman–Crippen LogP) is 3.64. The lowest BCUT2D eigenvalue weighted by atomic mass is 9.94. The van der Waals surface area contributed by atoms with Crippen molar-refractivity contribution in [3.63, 3.8) is 0 Å². The fourth-order valence-electron chi connectivity index (χ4n) is 2.23. The topological polar surface area (TPSA) is 12.0 Å². The second kappa shape index (κ2) is 3.62. The standard InChI is InChI=1S/C11H14BrNS/c12-11-6-8-9(13-7-4-5-7)2-1-3-10(8)14-11/h6-7,9,13H,1-5H2. The highest BCUT2D eigenvalue weighted by atomic mass is 79.9. The molecule has 0 saturated heterocycles. The Kier molecular flexibility index (Phi) is 2.42. The van der Waals surface area contributed by atoms with Crippen LogP contribution in [0.1, 0.15) is 42.2 Å². The maximum atomic E-state index is 3.75. The summed E-state index contributed by atoms with van der Waals surface area (Å²) in [6, 6.07) is 3.79. The van der Waals surface area contributed by atoms with Crippen molar-refractivity contribution in [3.05, 3.63) is 20.3 Å². The minimum atomic E-state index is 0.647. The first-order valence-electron chi connectivity index (χ1n) is 5.37. The molecule has 0 amide bonds. The quantitative estimate of drug-likeness (QED) is 0.866. The first kappa shape index (κ1) is 9.37. The molecular formula is C11H14BrNS. The van der Waals surface area contributed by atoms with Gasteiger partial charge in [0.05, 0.1) is 3.79 Å². The molecule has 1 unspecified atom stereocenters. The minimum absolute atomic E-state index is 0.647. The van der Waals surface area contributed by atoms with Crippen LogP contribution in [0.2, 0.25) is 0 Å². The van der Waals surface area contributed by atoms with Crippen LogP contribution >= 0.6 is 27.3 Å². The Hall–Kier alpha value is 0.140. The largest absolute Gasteiger partial charge is 0.307 e. The van der Waals surface area contributed by atoms with Crippen LogP contribution in [0.5, 0.6) is 0 Å². The summed E-state index contributed by atoms with van der Waals surface area (Å²) in [6.07, 6.45) is 6.74. The van der Waals surface area contributed by atoms with Crippen LogP contribution in [0.25, 0.3) is 0 Å². The highest BCUT2D eigenvalue weighted by molar-refractivity contribution is 9.11. The molecule has 76 valence electrons. The van der Waals surface area contributed by atoms with Gasteiger partial charge in [0.15, 0.2) is 0 Å². The summed E-state index contributed by atoms with van der Waals surface area (Å²) in [5, 5.41) is 3.75. The second-order valence-corrected chi connectivity index (χ2v) is 6.83. The Balaban J connectivity index is 1.85. The van der Waals surface area contributed by atoms with E-state index in [1.165, 1.54) is 35.9 Å². The molecule has 2 aliphatic carbocycles. The van der Waals surface area contributed by atoms with Crippen LogP contribution in [0.15, 0.2) is 9.85 Å². The SMILES string of the molecule is Brc1cc2c(s1)CCCC2NC1CC1. The number of hydrogen-bond acceptors (Lipinski definition) is 2. The zero-order valence-electron chi connectivity index (χ0n) is 8.05. The van der Waals surface area contributed by atoms with E-state index in [-0.39, 0.29) is 0 Å². The van der Waals surface area contributed by atoms with Gasteiger partial charge < -0.3 is 5.32 Å². The van der Waals surface area contributed by atoms with Crippen LogP contribution in [0.4, 0.5) is 0 Å². The van der Waals surface area contributed by atoms with Gasteiger partial charge in [-0.05, 0) is 59.7 Å². The number of thiophene rings is 1. The van der Waals surface area contributed by atoms with Gasteiger partial charge in [-0.3, -0.25) is 0 Å². The van der Waals surface area contributed by atoms with Gasteiger partial charge in [0.25, 0.3) is 0 Å². The summed E-state index contributed by atoms with van der Waals surface area (Å²) < 4.78 is 1.30. The lowest BCUT2D eigenvalue weighted by Crippen LogP contribution is -2.25. The maximum absolute atomic E-state index is 3.75. The third-order valence-electron chi connectivity index (χ3n) is 3.10. The lowest BCUT2D eigenvalue weighted by Gasteiger charge is -2.23. The molecule has 0 aliphatic heterocycles. The average Bonchev–Trinajstić information content (AvgIpc) is 2.87. The number of rotatable bonds is 2. The van der Waals surface area contributed by atoms with E-state index in [1.54, 1.807) is 10.4 Å². The smallest absolute Gasteiger partial charge is 0.0704 e. The number of halogens is 1.